The fraction of sp³-hybridized carbons (Fsp3) is 0.500. The Balaban J connectivity index is 2.22. The quantitative estimate of drug-likeness (QED) is 0.844. The van der Waals surface area contributed by atoms with Crippen LogP contribution in [0.15, 0.2) is 23.8 Å². The highest BCUT2D eigenvalue weighted by molar-refractivity contribution is 7.09. The van der Waals surface area contributed by atoms with Gasteiger partial charge in [0.1, 0.15) is 0 Å². The molecule has 0 aromatic carbocycles. The van der Waals surface area contributed by atoms with Crippen LogP contribution in [0.4, 0.5) is 0 Å². The molecule has 0 saturated carbocycles. The minimum Gasteiger partial charge on any atom is -0.310 e. The Morgan fingerprint density at radius 3 is 2.85 bits per heavy atom. The van der Waals surface area contributed by atoms with Crippen LogP contribution in [0.25, 0.3) is 0 Å². The number of thiazole rings is 1. The van der Waals surface area contributed by atoms with E-state index >= 15 is 0 Å². The van der Waals surface area contributed by atoms with E-state index in [0.29, 0.717) is 6.04 Å². The summed E-state index contributed by atoms with van der Waals surface area (Å²) >= 11 is 1.75. The maximum absolute atomic E-state index is 4.60. The second-order valence-electron chi connectivity index (χ2n) is 5.02. The van der Waals surface area contributed by atoms with E-state index in [9.17, 15) is 0 Å². The van der Waals surface area contributed by atoms with E-state index in [-0.39, 0.29) is 0 Å². The van der Waals surface area contributed by atoms with Gasteiger partial charge >= 0.3 is 0 Å². The van der Waals surface area contributed by atoms with E-state index in [1.807, 2.05) is 12.4 Å². The molecule has 1 atom stereocenters. The van der Waals surface area contributed by atoms with Crippen LogP contribution in [0, 0.1) is 6.92 Å². The zero-order valence-corrected chi connectivity index (χ0v) is 13.3. The van der Waals surface area contributed by atoms with E-state index in [2.05, 4.69) is 47.5 Å². The standard InChI is InChI=1S/C16H23N3S/c1-4-7-18-15(9-16-19-12(3)11-20-16)14-6-8-17-10-13(14)5-2/h6,8,10-11,15,18H,4-5,7,9H2,1-3H3. The first-order valence-corrected chi connectivity index (χ1v) is 8.19. The Hall–Kier alpha value is -1.26. The molecule has 1 N–H and O–H groups in total. The van der Waals surface area contributed by atoms with Crippen molar-refractivity contribution < 1.29 is 0 Å². The highest BCUT2D eigenvalue weighted by Crippen LogP contribution is 2.23. The molecule has 3 nitrogen and oxygen atoms in total. The summed E-state index contributed by atoms with van der Waals surface area (Å²) in [4.78, 5) is 8.85. The third-order valence-corrected chi connectivity index (χ3v) is 4.37. The van der Waals surface area contributed by atoms with Crippen LogP contribution in [-0.4, -0.2) is 16.5 Å². The lowest BCUT2D eigenvalue weighted by molar-refractivity contribution is 0.524. The highest BCUT2D eigenvalue weighted by Gasteiger charge is 2.16. The molecule has 0 radical (unpaired) electrons. The third-order valence-electron chi connectivity index (χ3n) is 3.38. The van der Waals surface area contributed by atoms with Gasteiger partial charge in [-0.3, -0.25) is 4.98 Å². The van der Waals surface area contributed by atoms with Gasteiger partial charge in [0, 0.05) is 35.9 Å². The molecule has 0 aliphatic carbocycles. The Bertz CT molecular complexity index is 536. The molecule has 4 heteroatoms. The number of aryl methyl sites for hydroxylation is 2. The number of rotatable bonds is 7. The molecule has 0 aliphatic heterocycles. The predicted molar refractivity (Wildman–Crippen MR) is 85.2 cm³/mol. The normalized spacial score (nSPS) is 12.6. The number of nitrogens with one attached hydrogen (secondary N) is 1. The fourth-order valence-corrected chi connectivity index (χ4v) is 3.17. The third kappa shape index (κ3) is 3.87. The molecule has 0 fully saturated rings. The molecule has 0 aliphatic rings. The van der Waals surface area contributed by atoms with Gasteiger partial charge < -0.3 is 5.32 Å². The molecular weight excluding hydrogens is 266 g/mol. The van der Waals surface area contributed by atoms with Gasteiger partial charge in [-0.25, -0.2) is 4.98 Å². The average Bonchev–Trinajstić information content (AvgIpc) is 2.88. The minimum absolute atomic E-state index is 0.332. The van der Waals surface area contributed by atoms with Crippen molar-refractivity contribution in [1.82, 2.24) is 15.3 Å². The van der Waals surface area contributed by atoms with E-state index < -0.39 is 0 Å². The maximum Gasteiger partial charge on any atom is 0.0947 e. The first kappa shape index (κ1) is 15.1. The average molecular weight is 289 g/mol. The minimum atomic E-state index is 0.332. The van der Waals surface area contributed by atoms with Crippen molar-refractivity contribution in [3.63, 3.8) is 0 Å². The van der Waals surface area contributed by atoms with Crippen LogP contribution >= 0.6 is 11.3 Å². The van der Waals surface area contributed by atoms with Crippen LogP contribution in [-0.2, 0) is 12.8 Å². The van der Waals surface area contributed by atoms with Crippen LogP contribution in [0.2, 0.25) is 0 Å². The topological polar surface area (TPSA) is 37.8 Å². The monoisotopic (exact) mass is 289 g/mol. The molecule has 2 aromatic rings. The van der Waals surface area contributed by atoms with Crippen LogP contribution in [0.5, 0.6) is 0 Å². The van der Waals surface area contributed by atoms with E-state index in [4.69, 9.17) is 0 Å². The first-order chi connectivity index (χ1) is 9.74. The second kappa shape index (κ2) is 7.50. The lowest BCUT2D eigenvalue weighted by atomic mass is 9.98. The van der Waals surface area contributed by atoms with Gasteiger partial charge in [0.25, 0.3) is 0 Å². The molecule has 1 unspecified atom stereocenters. The highest BCUT2D eigenvalue weighted by atomic mass is 32.1. The lowest BCUT2D eigenvalue weighted by Crippen LogP contribution is -2.25. The number of aromatic nitrogens is 2. The van der Waals surface area contributed by atoms with Crippen molar-refractivity contribution in [2.45, 2.75) is 46.1 Å². The summed E-state index contributed by atoms with van der Waals surface area (Å²) in [5, 5.41) is 6.99. The smallest absolute Gasteiger partial charge is 0.0947 e. The van der Waals surface area contributed by atoms with E-state index in [1.54, 1.807) is 11.3 Å². The van der Waals surface area contributed by atoms with E-state index in [1.165, 1.54) is 16.1 Å². The Morgan fingerprint density at radius 2 is 2.20 bits per heavy atom. The van der Waals surface area contributed by atoms with Crippen LogP contribution < -0.4 is 5.32 Å². The SMILES string of the molecule is CCCNC(Cc1nc(C)cs1)c1ccncc1CC. The maximum atomic E-state index is 4.60. The summed E-state index contributed by atoms with van der Waals surface area (Å²) in [5.41, 5.74) is 3.81. The molecule has 0 saturated heterocycles. The largest absolute Gasteiger partial charge is 0.310 e. The predicted octanol–water partition coefficient (Wildman–Crippen LogP) is 3.69. The summed E-state index contributed by atoms with van der Waals surface area (Å²) < 4.78 is 0. The van der Waals surface area contributed by atoms with Crippen molar-refractivity contribution in [3.8, 4) is 0 Å². The van der Waals surface area contributed by atoms with E-state index in [0.717, 1.165) is 31.5 Å². The van der Waals surface area contributed by atoms with Crippen molar-refractivity contribution >= 4 is 11.3 Å². The van der Waals surface area contributed by atoms with Gasteiger partial charge in [-0.15, -0.1) is 11.3 Å². The zero-order valence-electron chi connectivity index (χ0n) is 12.5. The summed E-state index contributed by atoms with van der Waals surface area (Å²) in [6.07, 6.45) is 6.99. The van der Waals surface area contributed by atoms with Crippen molar-refractivity contribution in [3.05, 3.63) is 45.7 Å². The Morgan fingerprint density at radius 1 is 1.35 bits per heavy atom. The van der Waals surface area contributed by atoms with Crippen LogP contribution in [0.3, 0.4) is 0 Å². The molecule has 2 heterocycles. The molecule has 2 rings (SSSR count). The number of nitrogens with zero attached hydrogens (tertiary/aromatic N) is 2. The summed E-state index contributed by atoms with van der Waals surface area (Å²) in [7, 11) is 0. The number of pyridine rings is 1. The summed E-state index contributed by atoms with van der Waals surface area (Å²) in [6, 6.07) is 2.48. The summed E-state index contributed by atoms with van der Waals surface area (Å²) in [5.74, 6) is 0. The molecule has 0 bridgehead atoms. The van der Waals surface area contributed by atoms with Gasteiger partial charge in [0.05, 0.1) is 5.01 Å². The zero-order chi connectivity index (χ0) is 14.4. The molecule has 0 spiro atoms. The van der Waals surface area contributed by atoms with Crippen molar-refractivity contribution in [2.24, 2.45) is 0 Å². The molecule has 2 aromatic heterocycles. The van der Waals surface area contributed by atoms with Gasteiger partial charge in [-0.1, -0.05) is 13.8 Å². The molecular formula is C16H23N3S. The summed E-state index contributed by atoms with van der Waals surface area (Å²) in [6.45, 7) is 7.47. The van der Waals surface area contributed by atoms with Gasteiger partial charge in [0.15, 0.2) is 0 Å². The number of hydrogen-bond acceptors (Lipinski definition) is 4. The Kier molecular flexibility index (Phi) is 5.68. The molecule has 108 valence electrons. The lowest BCUT2D eigenvalue weighted by Gasteiger charge is -2.20. The number of hydrogen-bond donors (Lipinski definition) is 1. The Labute approximate surface area is 125 Å². The second-order valence-corrected chi connectivity index (χ2v) is 5.96. The van der Waals surface area contributed by atoms with Crippen molar-refractivity contribution in [1.29, 1.82) is 0 Å². The molecule has 20 heavy (non-hydrogen) atoms. The van der Waals surface area contributed by atoms with Gasteiger partial charge in [-0.05, 0) is 43.5 Å². The first-order valence-electron chi connectivity index (χ1n) is 7.31. The van der Waals surface area contributed by atoms with Gasteiger partial charge in [0.2, 0.25) is 0 Å². The molecule has 0 amide bonds. The fourth-order valence-electron chi connectivity index (χ4n) is 2.35. The van der Waals surface area contributed by atoms with Crippen molar-refractivity contribution in [2.75, 3.05) is 6.54 Å². The van der Waals surface area contributed by atoms with Crippen LogP contribution in [0.1, 0.15) is 48.1 Å². The van der Waals surface area contributed by atoms with Gasteiger partial charge in [-0.2, -0.15) is 0 Å².